The lowest BCUT2D eigenvalue weighted by molar-refractivity contribution is -0.0392. The molecule has 0 aromatic carbocycles. The number of piperazine rings is 1. The van der Waals surface area contributed by atoms with Crippen LogP contribution in [0.15, 0.2) is 0 Å². The summed E-state index contributed by atoms with van der Waals surface area (Å²) >= 11 is 0. The lowest BCUT2D eigenvalue weighted by atomic mass is 9.88. The molecule has 0 aromatic rings. The van der Waals surface area contributed by atoms with Crippen molar-refractivity contribution in [3.63, 3.8) is 0 Å². The van der Waals surface area contributed by atoms with Crippen LogP contribution in [-0.2, 0) is 4.74 Å². The van der Waals surface area contributed by atoms with E-state index in [9.17, 15) is 0 Å². The SMILES string of the molecule is CC(C)C1CN2CCCCC2CN1C(C)C1CCOC1. The van der Waals surface area contributed by atoms with Crippen LogP contribution in [0.25, 0.3) is 0 Å². The van der Waals surface area contributed by atoms with E-state index in [0.29, 0.717) is 6.04 Å². The molecule has 0 aromatic heterocycles. The lowest BCUT2D eigenvalue weighted by Gasteiger charge is -2.52. The van der Waals surface area contributed by atoms with Gasteiger partial charge in [0.05, 0.1) is 6.61 Å². The molecule has 4 atom stereocenters. The number of hydrogen-bond acceptors (Lipinski definition) is 3. The van der Waals surface area contributed by atoms with E-state index in [1.54, 1.807) is 0 Å². The van der Waals surface area contributed by atoms with Gasteiger partial charge in [-0.1, -0.05) is 20.3 Å². The first-order chi connectivity index (χ1) is 9.66. The van der Waals surface area contributed by atoms with Crippen LogP contribution in [0, 0.1) is 11.8 Å². The Morgan fingerprint density at radius 1 is 1.05 bits per heavy atom. The van der Waals surface area contributed by atoms with Crippen molar-refractivity contribution in [3.8, 4) is 0 Å². The normalized spacial score (nSPS) is 38.1. The van der Waals surface area contributed by atoms with Gasteiger partial charge in [-0.3, -0.25) is 9.80 Å². The lowest BCUT2D eigenvalue weighted by Crippen LogP contribution is -2.63. The zero-order chi connectivity index (χ0) is 14.1. The Kier molecular flexibility index (Phi) is 4.68. The molecule has 0 bridgehead atoms. The third-order valence-electron chi connectivity index (χ3n) is 5.96. The summed E-state index contributed by atoms with van der Waals surface area (Å²) in [6.07, 6.45) is 5.52. The van der Waals surface area contributed by atoms with Gasteiger partial charge in [0, 0.05) is 37.8 Å². The van der Waals surface area contributed by atoms with Gasteiger partial charge in [-0.15, -0.1) is 0 Å². The quantitative estimate of drug-likeness (QED) is 0.790. The van der Waals surface area contributed by atoms with Crippen LogP contribution in [0.5, 0.6) is 0 Å². The predicted molar refractivity (Wildman–Crippen MR) is 82.9 cm³/mol. The predicted octanol–water partition coefficient (Wildman–Crippen LogP) is 2.61. The van der Waals surface area contributed by atoms with Crippen molar-refractivity contribution in [1.82, 2.24) is 9.80 Å². The van der Waals surface area contributed by atoms with E-state index in [0.717, 1.165) is 37.1 Å². The summed E-state index contributed by atoms with van der Waals surface area (Å²) in [5.74, 6) is 1.51. The second-order valence-corrected chi connectivity index (χ2v) is 7.52. The maximum Gasteiger partial charge on any atom is 0.0509 e. The van der Waals surface area contributed by atoms with Crippen molar-refractivity contribution in [2.45, 2.75) is 64.6 Å². The van der Waals surface area contributed by atoms with Crippen molar-refractivity contribution >= 4 is 0 Å². The van der Waals surface area contributed by atoms with Crippen LogP contribution in [0.1, 0.15) is 46.5 Å². The molecule has 20 heavy (non-hydrogen) atoms. The molecule has 3 heteroatoms. The number of ether oxygens (including phenoxy) is 1. The van der Waals surface area contributed by atoms with Crippen LogP contribution >= 0.6 is 0 Å². The summed E-state index contributed by atoms with van der Waals surface area (Å²) in [5.41, 5.74) is 0. The van der Waals surface area contributed by atoms with Gasteiger partial charge in [-0.05, 0) is 44.6 Å². The molecule has 3 saturated heterocycles. The second kappa shape index (κ2) is 6.33. The van der Waals surface area contributed by atoms with E-state index < -0.39 is 0 Å². The van der Waals surface area contributed by atoms with Gasteiger partial charge in [-0.25, -0.2) is 0 Å². The van der Waals surface area contributed by atoms with Crippen molar-refractivity contribution in [2.24, 2.45) is 11.8 Å². The Morgan fingerprint density at radius 2 is 1.90 bits per heavy atom. The molecule has 3 aliphatic rings. The molecule has 0 N–H and O–H groups in total. The number of hydrogen-bond donors (Lipinski definition) is 0. The van der Waals surface area contributed by atoms with Gasteiger partial charge in [0.1, 0.15) is 0 Å². The highest BCUT2D eigenvalue weighted by Crippen LogP contribution is 2.31. The Balaban J connectivity index is 1.71. The van der Waals surface area contributed by atoms with Gasteiger partial charge in [0.25, 0.3) is 0 Å². The van der Waals surface area contributed by atoms with Crippen molar-refractivity contribution in [3.05, 3.63) is 0 Å². The average molecular weight is 280 g/mol. The molecule has 0 radical (unpaired) electrons. The summed E-state index contributed by atoms with van der Waals surface area (Å²) in [6.45, 7) is 13.1. The standard InChI is InChI=1S/C17H32N2O/c1-13(2)17-11-18-8-5-4-6-16(18)10-19(17)14(3)15-7-9-20-12-15/h13-17H,4-12H2,1-3H3. The molecular weight excluding hydrogens is 248 g/mol. The molecule has 0 saturated carbocycles. The molecule has 3 nitrogen and oxygen atoms in total. The minimum Gasteiger partial charge on any atom is -0.381 e. The highest BCUT2D eigenvalue weighted by atomic mass is 16.5. The molecule has 0 spiro atoms. The first-order valence-electron chi connectivity index (χ1n) is 8.74. The molecule has 116 valence electrons. The van der Waals surface area contributed by atoms with Crippen LogP contribution in [0.2, 0.25) is 0 Å². The van der Waals surface area contributed by atoms with Crippen LogP contribution in [0.4, 0.5) is 0 Å². The monoisotopic (exact) mass is 280 g/mol. The highest BCUT2D eigenvalue weighted by molar-refractivity contribution is 4.95. The fourth-order valence-electron chi connectivity index (χ4n) is 4.50. The van der Waals surface area contributed by atoms with Crippen molar-refractivity contribution in [2.75, 3.05) is 32.8 Å². The Labute approximate surface area is 124 Å². The fourth-order valence-corrected chi connectivity index (χ4v) is 4.50. The molecule has 3 rings (SSSR count). The van der Waals surface area contributed by atoms with E-state index in [2.05, 4.69) is 30.6 Å². The minimum atomic E-state index is 0.689. The first kappa shape index (κ1) is 14.8. The Morgan fingerprint density at radius 3 is 2.60 bits per heavy atom. The topological polar surface area (TPSA) is 15.7 Å². The average Bonchev–Trinajstić information content (AvgIpc) is 2.99. The molecule has 4 unspecified atom stereocenters. The highest BCUT2D eigenvalue weighted by Gasteiger charge is 2.40. The maximum absolute atomic E-state index is 5.63. The van der Waals surface area contributed by atoms with Crippen LogP contribution < -0.4 is 0 Å². The van der Waals surface area contributed by atoms with Gasteiger partial charge in [0.15, 0.2) is 0 Å². The zero-order valence-electron chi connectivity index (χ0n) is 13.6. The minimum absolute atomic E-state index is 0.689. The molecule has 3 aliphatic heterocycles. The smallest absolute Gasteiger partial charge is 0.0509 e. The number of rotatable bonds is 3. The number of nitrogens with zero attached hydrogens (tertiary/aromatic N) is 2. The van der Waals surface area contributed by atoms with E-state index in [4.69, 9.17) is 4.74 Å². The fraction of sp³-hybridized carbons (Fsp3) is 1.00. The Bertz CT molecular complexity index is 314. The summed E-state index contributed by atoms with van der Waals surface area (Å²) in [4.78, 5) is 5.62. The summed E-state index contributed by atoms with van der Waals surface area (Å²) < 4.78 is 5.63. The number of piperidine rings is 1. The van der Waals surface area contributed by atoms with Crippen LogP contribution in [-0.4, -0.2) is 60.8 Å². The van der Waals surface area contributed by atoms with Crippen molar-refractivity contribution in [1.29, 1.82) is 0 Å². The van der Waals surface area contributed by atoms with E-state index >= 15 is 0 Å². The third kappa shape index (κ3) is 2.90. The van der Waals surface area contributed by atoms with Gasteiger partial charge < -0.3 is 4.74 Å². The second-order valence-electron chi connectivity index (χ2n) is 7.52. The number of fused-ring (bicyclic) bond motifs is 1. The molecule has 0 aliphatic carbocycles. The van der Waals surface area contributed by atoms with E-state index in [-0.39, 0.29) is 0 Å². The van der Waals surface area contributed by atoms with Gasteiger partial charge >= 0.3 is 0 Å². The van der Waals surface area contributed by atoms with E-state index in [1.165, 1.54) is 45.3 Å². The van der Waals surface area contributed by atoms with Gasteiger partial charge in [-0.2, -0.15) is 0 Å². The summed E-state index contributed by atoms with van der Waals surface area (Å²) in [7, 11) is 0. The van der Waals surface area contributed by atoms with Crippen LogP contribution in [0.3, 0.4) is 0 Å². The maximum atomic E-state index is 5.63. The molecular formula is C17H32N2O. The summed E-state index contributed by atoms with van der Waals surface area (Å²) in [6, 6.07) is 2.25. The largest absolute Gasteiger partial charge is 0.381 e. The van der Waals surface area contributed by atoms with Gasteiger partial charge in [0.2, 0.25) is 0 Å². The summed E-state index contributed by atoms with van der Waals surface area (Å²) in [5, 5.41) is 0. The first-order valence-corrected chi connectivity index (χ1v) is 8.74. The third-order valence-corrected chi connectivity index (χ3v) is 5.96. The molecule has 3 heterocycles. The Hall–Kier alpha value is -0.120. The van der Waals surface area contributed by atoms with Crippen molar-refractivity contribution < 1.29 is 4.74 Å². The zero-order valence-corrected chi connectivity index (χ0v) is 13.6. The molecule has 0 amide bonds. The molecule has 3 fully saturated rings. The van der Waals surface area contributed by atoms with E-state index in [1.807, 2.05) is 0 Å².